The summed E-state index contributed by atoms with van der Waals surface area (Å²) >= 11 is 6.13. The highest BCUT2D eigenvalue weighted by atomic mass is 35.5. The lowest BCUT2D eigenvalue weighted by Crippen LogP contribution is -2.00. The number of fused-ring (bicyclic) bond motifs is 1. The summed E-state index contributed by atoms with van der Waals surface area (Å²) in [5.74, 6) is 2.43. The van der Waals surface area contributed by atoms with E-state index in [4.69, 9.17) is 25.8 Å². The van der Waals surface area contributed by atoms with Crippen molar-refractivity contribution in [3.63, 3.8) is 0 Å². The van der Waals surface area contributed by atoms with Crippen molar-refractivity contribution in [2.45, 2.75) is 6.61 Å². The van der Waals surface area contributed by atoms with E-state index in [2.05, 4.69) is 15.3 Å². The number of hydrogen-bond donors (Lipinski definition) is 1. The molecule has 4 rings (SSSR count). The van der Waals surface area contributed by atoms with Crippen LogP contribution < -0.4 is 19.5 Å². The Kier molecular flexibility index (Phi) is 5.86. The Balaban J connectivity index is 1.68. The number of methoxy groups -OCH3 is 2. The first kappa shape index (κ1) is 19.8. The molecule has 0 unspecified atom stereocenters. The molecule has 0 atom stereocenters. The average molecular weight is 422 g/mol. The molecule has 0 saturated heterocycles. The molecule has 7 heteroatoms. The highest BCUT2D eigenvalue weighted by Crippen LogP contribution is 2.36. The van der Waals surface area contributed by atoms with Crippen LogP contribution in [-0.2, 0) is 6.61 Å². The Morgan fingerprint density at radius 1 is 0.867 bits per heavy atom. The summed E-state index contributed by atoms with van der Waals surface area (Å²) in [6.07, 6.45) is 1.50. The molecule has 1 heterocycles. The van der Waals surface area contributed by atoms with Crippen LogP contribution in [0.25, 0.3) is 10.9 Å². The first-order chi connectivity index (χ1) is 14.7. The van der Waals surface area contributed by atoms with Gasteiger partial charge in [-0.3, -0.25) is 0 Å². The smallest absolute Gasteiger partial charge is 0.162 e. The van der Waals surface area contributed by atoms with Gasteiger partial charge < -0.3 is 19.5 Å². The zero-order valence-corrected chi connectivity index (χ0v) is 17.3. The molecule has 0 amide bonds. The van der Waals surface area contributed by atoms with E-state index < -0.39 is 0 Å². The molecule has 4 aromatic rings. The van der Waals surface area contributed by atoms with Gasteiger partial charge in [-0.2, -0.15) is 0 Å². The van der Waals surface area contributed by atoms with E-state index in [9.17, 15) is 0 Å². The second-order valence-corrected chi connectivity index (χ2v) is 6.90. The molecule has 0 bridgehead atoms. The maximum absolute atomic E-state index is 6.13. The Morgan fingerprint density at radius 3 is 2.43 bits per heavy atom. The van der Waals surface area contributed by atoms with Crippen molar-refractivity contribution in [1.29, 1.82) is 0 Å². The topological polar surface area (TPSA) is 65.5 Å². The van der Waals surface area contributed by atoms with Crippen LogP contribution >= 0.6 is 11.6 Å². The van der Waals surface area contributed by atoms with Gasteiger partial charge in [-0.05, 0) is 23.8 Å². The number of aromatic nitrogens is 2. The average Bonchev–Trinajstić information content (AvgIpc) is 2.79. The number of nitrogens with zero attached hydrogens (tertiary/aromatic N) is 2. The zero-order valence-electron chi connectivity index (χ0n) is 16.6. The summed E-state index contributed by atoms with van der Waals surface area (Å²) in [5, 5.41) is 4.64. The number of anilines is 2. The number of halogens is 1. The third-order valence-corrected chi connectivity index (χ3v) is 4.88. The van der Waals surface area contributed by atoms with Crippen LogP contribution in [0.4, 0.5) is 11.5 Å². The molecule has 1 N–H and O–H groups in total. The molecular weight excluding hydrogens is 402 g/mol. The van der Waals surface area contributed by atoms with Crippen LogP contribution in [-0.4, -0.2) is 24.2 Å². The van der Waals surface area contributed by atoms with E-state index in [1.54, 1.807) is 20.3 Å². The van der Waals surface area contributed by atoms with Gasteiger partial charge >= 0.3 is 0 Å². The van der Waals surface area contributed by atoms with Crippen molar-refractivity contribution in [3.8, 4) is 17.2 Å². The molecule has 152 valence electrons. The Bertz CT molecular complexity index is 1170. The molecule has 0 aliphatic carbocycles. The molecule has 0 aliphatic rings. The second-order valence-electron chi connectivity index (χ2n) is 6.49. The largest absolute Gasteiger partial charge is 0.495 e. The van der Waals surface area contributed by atoms with Crippen LogP contribution in [0.15, 0.2) is 67.0 Å². The number of rotatable bonds is 7. The third kappa shape index (κ3) is 4.23. The highest BCUT2D eigenvalue weighted by molar-refractivity contribution is 6.32. The maximum Gasteiger partial charge on any atom is 0.162 e. The van der Waals surface area contributed by atoms with E-state index >= 15 is 0 Å². The lowest BCUT2D eigenvalue weighted by molar-refractivity contribution is 0.285. The Labute approximate surface area is 179 Å². The van der Waals surface area contributed by atoms with E-state index in [0.717, 1.165) is 22.2 Å². The molecule has 0 fully saturated rings. The van der Waals surface area contributed by atoms with Crippen molar-refractivity contribution in [1.82, 2.24) is 9.97 Å². The van der Waals surface area contributed by atoms with Crippen LogP contribution in [0, 0.1) is 0 Å². The fourth-order valence-electron chi connectivity index (χ4n) is 3.05. The van der Waals surface area contributed by atoms with Gasteiger partial charge in [0.05, 0.1) is 24.8 Å². The van der Waals surface area contributed by atoms with Crippen molar-refractivity contribution in [3.05, 3.63) is 77.6 Å². The highest BCUT2D eigenvalue weighted by Gasteiger charge is 2.13. The Morgan fingerprint density at radius 2 is 1.67 bits per heavy atom. The first-order valence-electron chi connectivity index (χ1n) is 9.28. The number of ether oxygens (including phenoxy) is 3. The molecule has 3 aromatic carbocycles. The molecule has 30 heavy (non-hydrogen) atoms. The summed E-state index contributed by atoms with van der Waals surface area (Å²) in [7, 11) is 3.19. The van der Waals surface area contributed by atoms with E-state index in [1.807, 2.05) is 54.6 Å². The molecule has 0 saturated carbocycles. The lowest BCUT2D eigenvalue weighted by atomic mass is 10.2. The second kappa shape index (κ2) is 8.88. The number of benzene rings is 3. The van der Waals surface area contributed by atoms with Crippen molar-refractivity contribution >= 4 is 34.0 Å². The van der Waals surface area contributed by atoms with Gasteiger partial charge in [-0.15, -0.1) is 0 Å². The molecule has 0 aliphatic heterocycles. The van der Waals surface area contributed by atoms with Crippen LogP contribution in [0.2, 0.25) is 5.02 Å². The van der Waals surface area contributed by atoms with Gasteiger partial charge in [0.25, 0.3) is 0 Å². The maximum atomic E-state index is 6.13. The summed E-state index contributed by atoms with van der Waals surface area (Å²) in [6, 6.07) is 19.1. The van der Waals surface area contributed by atoms with Gasteiger partial charge in [-0.1, -0.05) is 41.9 Å². The summed E-state index contributed by atoms with van der Waals surface area (Å²) in [4.78, 5) is 8.77. The lowest BCUT2D eigenvalue weighted by Gasteiger charge is -2.14. The predicted molar refractivity (Wildman–Crippen MR) is 118 cm³/mol. The van der Waals surface area contributed by atoms with Crippen molar-refractivity contribution < 1.29 is 14.2 Å². The fourth-order valence-corrected chi connectivity index (χ4v) is 3.24. The normalized spacial score (nSPS) is 10.6. The molecule has 0 radical (unpaired) electrons. The van der Waals surface area contributed by atoms with Crippen LogP contribution in [0.3, 0.4) is 0 Å². The van der Waals surface area contributed by atoms with E-state index in [0.29, 0.717) is 34.7 Å². The monoisotopic (exact) mass is 421 g/mol. The number of hydrogen-bond acceptors (Lipinski definition) is 6. The quantitative estimate of drug-likeness (QED) is 0.417. The SMILES string of the molecule is COc1cc(Nc2ncnc3cc(OC)c(OCc4ccccc4)cc23)ccc1Cl. The molecular formula is C23H20ClN3O3. The third-order valence-electron chi connectivity index (χ3n) is 4.57. The van der Waals surface area contributed by atoms with Crippen molar-refractivity contribution in [2.24, 2.45) is 0 Å². The number of nitrogens with one attached hydrogen (secondary N) is 1. The van der Waals surface area contributed by atoms with Crippen LogP contribution in [0.5, 0.6) is 17.2 Å². The minimum absolute atomic E-state index is 0.424. The molecule has 6 nitrogen and oxygen atoms in total. The van der Waals surface area contributed by atoms with Gasteiger partial charge in [0.15, 0.2) is 11.5 Å². The van der Waals surface area contributed by atoms with Gasteiger partial charge in [0.2, 0.25) is 0 Å². The van der Waals surface area contributed by atoms with Gasteiger partial charge in [0, 0.05) is 23.2 Å². The fraction of sp³-hybridized carbons (Fsp3) is 0.130. The molecule has 1 aromatic heterocycles. The predicted octanol–water partition coefficient (Wildman–Crippen LogP) is 5.62. The summed E-state index contributed by atoms with van der Waals surface area (Å²) in [6.45, 7) is 0.424. The van der Waals surface area contributed by atoms with Crippen molar-refractivity contribution in [2.75, 3.05) is 19.5 Å². The summed E-state index contributed by atoms with van der Waals surface area (Å²) in [5.41, 5.74) is 2.59. The van der Waals surface area contributed by atoms with E-state index in [-0.39, 0.29) is 0 Å². The molecule has 0 spiro atoms. The zero-order chi connectivity index (χ0) is 20.9. The van der Waals surface area contributed by atoms with E-state index in [1.165, 1.54) is 6.33 Å². The Hall–Kier alpha value is -3.51. The van der Waals surface area contributed by atoms with Crippen LogP contribution in [0.1, 0.15) is 5.56 Å². The summed E-state index contributed by atoms with van der Waals surface area (Å²) < 4.78 is 16.8. The minimum atomic E-state index is 0.424. The minimum Gasteiger partial charge on any atom is -0.495 e. The van der Waals surface area contributed by atoms with Gasteiger partial charge in [-0.25, -0.2) is 9.97 Å². The first-order valence-corrected chi connectivity index (χ1v) is 9.66. The standard InChI is InChI=1S/C23H20ClN3O3/c1-28-20-10-16(8-9-18(20)24)27-23-17-11-22(30-13-15-6-4-3-5-7-15)21(29-2)12-19(17)25-14-26-23/h3-12,14H,13H2,1-2H3,(H,25,26,27). The van der Waals surface area contributed by atoms with Gasteiger partial charge in [0.1, 0.15) is 24.5 Å².